The Bertz CT molecular complexity index is 833. The van der Waals surface area contributed by atoms with Gasteiger partial charge in [0.05, 0.1) is 13.2 Å². The average Bonchev–Trinajstić information content (AvgIpc) is 3.03. The molecule has 0 aliphatic carbocycles. The van der Waals surface area contributed by atoms with E-state index in [1.165, 1.54) is 0 Å². The van der Waals surface area contributed by atoms with Crippen molar-refractivity contribution in [3.63, 3.8) is 0 Å². The molecule has 0 radical (unpaired) electrons. The summed E-state index contributed by atoms with van der Waals surface area (Å²) in [5.74, 6) is 1.83. The Balaban J connectivity index is 1.67. The first kappa shape index (κ1) is 16.3. The van der Waals surface area contributed by atoms with Crippen molar-refractivity contribution in [3.8, 4) is 17.2 Å². The molecular formula is C18H18ClN3O2. The van der Waals surface area contributed by atoms with E-state index in [2.05, 4.69) is 15.5 Å². The quantitative estimate of drug-likeness (QED) is 0.702. The van der Waals surface area contributed by atoms with Gasteiger partial charge in [-0.3, -0.25) is 0 Å². The highest BCUT2D eigenvalue weighted by molar-refractivity contribution is 6.30. The van der Waals surface area contributed by atoms with Gasteiger partial charge in [-0.1, -0.05) is 17.7 Å². The van der Waals surface area contributed by atoms with E-state index in [0.717, 1.165) is 22.6 Å². The summed E-state index contributed by atoms with van der Waals surface area (Å²) < 4.78 is 11.2. The third-order valence-electron chi connectivity index (χ3n) is 3.48. The largest absolute Gasteiger partial charge is 0.494 e. The van der Waals surface area contributed by atoms with E-state index < -0.39 is 0 Å². The van der Waals surface area contributed by atoms with Crippen molar-refractivity contribution in [1.82, 2.24) is 10.2 Å². The number of hydrogen-bond donors (Lipinski definition) is 1. The molecule has 0 aliphatic rings. The normalized spacial score (nSPS) is 10.6. The van der Waals surface area contributed by atoms with E-state index in [1.807, 2.05) is 44.2 Å². The van der Waals surface area contributed by atoms with E-state index in [4.69, 9.17) is 20.8 Å². The van der Waals surface area contributed by atoms with Crippen molar-refractivity contribution in [1.29, 1.82) is 0 Å². The van der Waals surface area contributed by atoms with Crippen LogP contribution in [0, 0.1) is 6.92 Å². The first-order valence-corrected chi connectivity index (χ1v) is 8.09. The molecule has 0 aliphatic heterocycles. The molecule has 6 heteroatoms. The maximum Gasteiger partial charge on any atom is 0.247 e. The van der Waals surface area contributed by atoms with Crippen LogP contribution < -0.4 is 10.1 Å². The van der Waals surface area contributed by atoms with Crippen LogP contribution in [0.2, 0.25) is 5.02 Å². The van der Waals surface area contributed by atoms with Gasteiger partial charge in [0.15, 0.2) is 0 Å². The summed E-state index contributed by atoms with van der Waals surface area (Å²) in [6.07, 6.45) is 0. The van der Waals surface area contributed by atoms with Crippen LogP contribution in [0.4, 0.5) is 5.69 Å². The third kappa shape index (κ3) is 3.86. The molecule has 0 fully saturated rings. The van der Waals surface area contributed by atoms with Gasteiger partial charge in [0, 0.05) is 16.3 Å². The molecule has 0 unspecified atom stereocenters. The lowest BCUT2D eigenvalue weighted by molar-refractivity contribution is 0.340. The fourth-order valence-electron chi connectivity index (χ4n) is 2.33. The molecular weight excluding hydrogens is 326 g/mol. The number of halogens is 1. The molecule has 0 bridgehead atoms. The van der Waals surface area contributed by atoms with Crippen LogP contribution in [0.1, 0.15) is 18.4 Å². The zero-order chi connectivity index (χ0) is 16.9. The summed E-state index contributed by atoms with van der Waals surface area (Å²) >= 11 is 5.98. The minimum absolute atomic E-state index is 0.447. The van der Waals surface area contributed by atoms with E-state index >= 15 is 0 Å². The van der Waals surface area contributed by atoms with Gasteiger partial charge in [0.2, 0.25) is 11.8 Å². The summed E-state index contributed by atoms with van der Waals surface area (Å²) in [5, 5.41) is 12.1. The van der Waals surface area contributed by atoms with Crippen LogP contribution in [0.15, 0.2) is 46.9 Å². The molecule has 1 N–H and O–H groups in total. The number of nitrogens with zero attached hydrogens (tertiary/aromatic N) is 2. The molecule has 0 saturated heterocycles. The highest BCUT2D eigenvalue weighted by atomic mass is 35.5. The Labute approximate surface area is 145 Å². The van der Waals surface area contributed by atoms with Crippen molar-refractivity contribution in [2.24, 2.45) is 0 Å². The Kier molecular flexibility index (Phi) is 5.01. The molecule has 0 spiro atoms. The number of aryl methyl sites for hydroxylation is 1. The van der Waals surface area contributed by atoms with Crippen LogP contribution in [0.25, 0.3) is 11.5 Å². The van der Waals surface area contributed by atoms with Gasteiger partial charge in [-0.05, 0) is 55.8 Å². The summed E-state index contributed by atoms with van der Waals surface area (Å²) in [4.78, 5) is 0. The molecule has 5 nitrogen and oxygen atoms in total. The topological polar surface area (TPSA) is 60.2 Å². The van der Waals surface area contributed by atoms with Gasteiger partial charge in [-0.15, -0.1) is 10.2 Å². The van der Waals surface area contributed by atoms with Crippen LogP contribution in [0.5, 0.6) is 5.75 Å². The molecule has 2 aromatic carbocycles. The maximum absolute atomic E-state index is 5.98. The lowest BCUT2D eigenvalue weighted by Gasteiger charge is -2.10. The lowest BCUT2D eigenvalue weighted by Crippen LogP contribution is -2.02. The first-order valence-electron chi connectivity index (χ1n) is 7.71. The van der Waals surface area contributed by atoms with Crippen molar-refractivity contribution >= 4 is 17.3 Å². The number of ether oxygens (including phenoxy) is 1. The summed E-state index contributed by atoms with van der Waals surface area (Å²) in [6, 6.07) is 13.2. The molecule has 1 aromatic heterocycles. The van der Waals surface area contributed by atoms with Gasteiger partial charge < -0.3 is 14.5 Å². The van der Waals surface area contributed by atoms with Crippen LogP contribution in [-0.4, -0.2) is 16.8 Å². The van der Waals surface area contributed by atoms with Crippen molar-refractivity contribution in [2.75, 3.05) is 11.9 Å². The summed E-state index contributed by atoms with van der Waals surface area (Å²) in [6.45, 7) is 5.09. The smallest absolute Gasteiger partial charge is 0.247 e. The number of aromatic nitrogens is 2. The molecule has 3 aromatic rings. The predicted octanol–water partition coefficient (Wildman–Crippen LogP) is 4.71. The zero-order valence-electron chi connectivity index (χ0n) is 13.5. The average molecular weight is 344 g/mol. The first-order chi connectivity index (χ1) is 11.7. The number of rotatable bonds is 6. The number of anilines is 1. The zero-order valence-corrected chi connectivity index (χ0v) is 14.3. The fraction of sp³-hybridized carbons (Fsp3) is 0.222. The minimum Gasteiger partial charge on any atom is -0.494 e. The predicted molar refractivity (Wildman–Crippen MR) is 94.4 cm³/mol. The highest BCUT2D eigenvalue weighted by Gasteiger charge is 2.09. The number of hydrogen-bond acceptors (Lipinski definition) is 5. The lowest BCUT2D eigenvalue weighted by atomic mass is 10.2. The van der Waals surface area contributed by atoms with Gasteiger partial charge in [-0.2, -0.15) is 0 Å². The van der Waals surface area contributed by atoms with Gasteiger partial charge in [-0.25, -0.2) is 0 Å². The second-order valence-corrected chi connectivity index (χ2v) is 5.71. The second kappa shape index (κ2) is 7.36. The molecule has 0 saturated carbocycles. The van der Waals surface area contributed by atoms with Gasteiger partial charge >= 0.3 is 0 Å². The Morgan fingerprint density at radius 1 is 1.17 bits per heavy atom. The van der Waals surface area contributed by atoms with Crippen molar-refractivity contribution in [2.45, 2.75) is 20.4 Å². The molecule has 3 rings (SSSR count). The number of benzene rings is 2. The Hall–Kier alpha value is -2.53. The van der Waals surface area contributed by atoms with Crippen LogP contribution in [-0.2, 0) is 6.54 Å². The maximum atomic E-state index is 5.98. The van der Waals surface area contributed by atoms with Gasteiger partial charge in [0.1, 0.15) is 5.75 Å². The van der Waals surface area contributed by atoms with E-state index in [1.54, 1.807) is 12.1 Å². The van der Waals surface area contributed by atoms with Crippen molar-refractivity contribution in [3.05, 3.63) is 58.9 Å². The third-order valence-corrected chi connectivity index (χ3v) is 3.71. The van der Waals surface area contributed by atoms with E-state index in [9.17, 15) is 0 Å². The van der Waals surface area contributed by atoms with Gasteiger partial charge in [0.25, 0.3) is 0 Å². The van der Waals surface area contributed by atoms with E-state index in [-0.39, 0.29) is 0 Å². The molecule has 124 valence electrons. The standard InChI is InChI=1S/C18H18ClN3O2/c1-3-23-15-7-8-16(12(2)9-15)20-11-17-21-22-18(24-17)13-5-4-6-14(19)10-13/h4-10,20H,3,11H2,1-2H3. The monoisotopic (exact) mass is 343 g/mol. The Morgan fingerprint density at radius 3 is 2.79 bits per heavy atom. The Morgan fingerprint density at radius 2 is 2.04 bits per heavy atom. The van der Waals surface area contributed by atoms with E-state index in [0.29, 0.717) is 30.0 Å². The number of nitrogens with one attached hydrogen (secondary N) is 1. The van der Waals surface area contributed by atoms with Crippen LogP contribution in [0.3, 0.4) is 0 Å². The molecule has 1 heterocycles. The SMILES string of the molecule is CCOc1ccc(NCc2nnc(-c3cccc(Cl)c3)o2)c(C)c1. The highest BCUT2D eigenvalue weighted by Crippen LogP contribution is 2.23. The van der Waals surface area contributed by atoms with Crippen LogP contribution >= 0.6 is 11.6 Å². The minimum atomic E-state index is 0.447. The second-order valence-electron chi connectivity index (χ2n) is 5.27. The molecule has 24 heavy (non-hydrogen) atoms. The fourth-order valence-corrected chi connectivity index (χ4v) is 2.52. The summed E-state index contributed by atoms with van der Waals surface area (Å²) in [5.41, 5.74) is 2.90. The summed E-state index contributed by atoms with van der Waals surface area (Å²) in [7, 11) is 0. The molecule has 0 atom stereocenters. The van der Waals surface area contributed by atoms with Crippen molar-refractivity contribution < 1.29 is 9.15 Å². The molecule has 0 amide bonds.